The normalized spacial score (nSPS) is 12.5. The molecule has 2 nitrogen and oxygen atoms in total. The maximum Gasteiger partial charge on any atom is 0.125 e. The Morgan fingerprint density at radius 3 is 2.53 bits per heavy atom. The smallest absolute Gasteiger partial charge is 0.125 e. The van der Waals surface area contributed by atoms with Gasteiger partial charge in [0.25, 0.3) is 0 Å². The van der Waals surface area contributed by atoms with Gasteiger partial charge in [0.15, 0.2) is 0 Å². The molecule has 6 heteroatoms. The summed E-state index contributed by atoms with van der Waals surface area (Å²) >= 11 is 17.1. The molecule has 0 spiro atoms. The van der Waals surface area contributed by atoms with Crippen molar-refractivity contribution < 1.29 is 4.74 Å². The maximum atomic E-state index is 6.24. The maximum absolute atomic E-state index is 6.24. The topological polar surface area (TPSA) is 21.3 Å². The van der Waals surface area contributed by atoms with E-state index in [1.54, 1.807) is 7.11 Å². The second-order valence-corrected chi connectivity index (χ2v) is 7.09. The van der Waals surface area contributed by atoms with Crippen LogP contribution in [-0.2, 0) is 0 Å². The van der Waals surface area contributed by atoms with Gasteiger partial charge in [0, 0.05) is 15.6 Å². The first kappa shape index (κ1) is 15.1. The molecule has 1 aromatic heterocycles. The van der Waals surface area contributed by atoms with Crippen LogP contribution < -0.4 is 10.1 Å². The van der Waals surface area contributed by atoms with Gasteiger partial charge in [-0.25, -0.2) is 0 Å². The van der Waals surface area contributed by atoms with Crippen molar-refractivity contribution in [2.24, 2.45) is 0 Å². The first-order valence-electron chi connectivity index (χ1n) is 5.52. The predicted molar refractivity (Wildman–Crippen MR) is 85.9 cm³/mol. The van der Waals surface area contributed by atoms with Gasteiger partial charge in [-0.1, -0.05) is 45.2 Å². The number of methoxy groups -OCH3 is 1. The molecule has 1 unspecified atom stereocenters. The molecule has 0 aliphatic rings. The van der Waals surface area contributed by atoms with Crippen LogP contribution in [0.15, 0.2) is 28.7 Å². The lowest BCUT2D eigenvalue weighted by Crippen LogP contribution is -2.18. The van der Waals surface area contributed by atoms with E-state index in [0.29, 0.717) is 8.67 Å². The molecule has 1 atom stereocenters. The van der Waals surface area contributed by atoms with Crippen molar-refractivity contribution in [1.82, 2.24) is 5.32 Å². The minimum Gasteiger partial charge on any atom is -0.496 e. The number of rotatable bonds is 4. The average molecular weight is 381 g/mol. The minimum absolute atomic E-state index is 0.0562. The van der Waals surface area contributed by atoms with Crippen molar-refractivity contribution >= 4 is 50.5 Å². The van der Waals surface area contributed by atoms with Crippen LogP contribution in [0.4, 0.5) is 0 Å². The Morgan fingerprint density at radius 1 is 1.26 bits per heavy atom. The van der Waals surface area contributed by atoms with Crippen LogP contribution in [0.5, 0.6) is 5.75 Å². The van der Waals surface area contributed by atoms with Crippen LogP contribution in [0.25, 0.3) is 0 Å². The lowest BCUT2D eigenvalue weighted by atomic mass is 10.0. The summed E-state index contributed by atoms with van der Waals surface area (Å²) in [5, 5.41) is 3.25. The first-order chi connectivity index (χ1) is 9.06. The van der Waals surface area contributed by atoms with Gasteiger partial charge < -0.3 is 10.1 Å². The van der Waals surface area contributed by atoms with Crippen LogP contribution in [0, 0.1) is 0 Å². The van der Waals surface area contributed by atoms with Gasteiger partial charge >= 0.3 is 0 Å². The van der Waals surface area contributed by atoms with E-state index in [0.717, 1.165) is 21.3 Å². The monoisotopic (exact) mass is 379 g/mol. The number of thiophene rings is 1. The quantitative estimate of drug-likeness (QED) is 0.793. The van der Waals surface area contributed by atoms with E-state index in [9.17, 15) is 0 Å². The fourth-order valence-corrected chi connectivity index (χ4v) is 3.82. The van der Waals surface area contributed by atoms with E-state index in [1.807, 2.05) is 31.3 Å². The summed E-state index contributed by atoms with van der Waals surface area (Å²) in [6.45, 7) is 0. The highest BCUT2D eigenvalue weighted by Gasteiger charge is 2.21. The number of nitrogens with one attached hydrogen (secondary N) is 1. The van der Waals surface area contributed by atoms with E-state index < -0.39 is 0 Å². The Kier molecular flexibility index (Phi) is 5.15. The third-order valence-corrected chi connectivity index (χ3v) is 4.80. The lowest BCUT2D eigenvalue weighted by Gasteiger charge is -2.19. The molecule has 0 radical (unpaired) electrons. The van der Waals surface area contributed by atoms with Crippen LogP contribution >= 0.6 is 50.5 Å². The number of benzene rings is 1. The molecule has 1 aromatic carbocycles. The highest BCUT2D eigenvalue weighted by molar-refractivity contribution is 9.10. The lowest BCUT2D eigenvalue weighted by molar-refractivity contribution is 0.405. The first-order valence-corrected chi connectivity index (χ1v) is 7.88. The van der Waals surface area contributed by atoms with Gasteiger partial charge in [-0.15, -0.1) is 11.3 Å². The van der Waals surface area contributed by atoms with Gasteiger partial charge in [-0.2, -0.15) is 0 Å². The van der Waals surface area contributed by atoms with E-state index in [4.69, 9.17) is 27.9 Å². The van der Waals surface area contributed by atoms with E-state index in [2.05, 4.69) is 21.2 Å². The molecule has 0 aliphatic carbocycles. The molecule has 102 valence electrons. The number of hydrogen-bond acceptors (Lipinski definition) is 3. The van der Waals surface area contributed by atoms with Crippen molar-refractivity contribution in [2.75, 3.05) is 14.2 Å². The molecule has 19 heavy (non-hydrogen) atoms. The third-order valence-electron chi connectivity index (χ3n) is 2.79. The summed E-state index contributed by atoms with van der Waals surface area (Å²) in [5.74, 6) is 0.798. The largest absolute Gasteiger partial charge is 0.496 e. The van der Waals surface area contributed by atoms with Crippen molar-refractivity contribution in [3.05, 3.63) is 48.5 Å². The summed E-state index contributed by atoms with van der Waals surface area (Å²) < 4.78 is 7.77. The molecule has 0 saturated carbocycles. The average Bonchev–Trinajstić information content (AvgIpc) is 2.71. The molecule has 0 bridgehead atoms. The molecule has 2 aromatic rings. The molecule has 0 aliphatic heterocycles. The summed E-state index contributed by atoms with van der Waals surface area (Å²) in [6.07, 6.45) is 0. The Hall–Kier alpha value is -0.260. The Morgan fingerprint density at radius 2 is 2.00 bits per heavy atom. The zero-order valence-corrected chi connectivity index (χ0v) is 14.3. The second-order valence-electron chi connectivity index (χ2n) is 3.89. The fraction of sp³-hybridized carbons (Fsp3) is 0.231. The molecule has 2 rings (SSSR count). The Bertz CT molecular complexity index is 588. The van der Waals surface area contributed by atoms with Crippen LogP contribution in [0.1, 0.15) is 17.2 Å². The van der Waals surface area contributed by atoms with Gasteiger partial charge in [0.2, 0.25) is 0 Å². The predicted octanol–water partition coefficient (Wildman–Crippen LogP) is 5.13. The molecule has 0 amide bonds. The summed E-state index contributed by atoms with van der Waals surface area (Å²) in [5.41, 5.74) is 1.98. The van der Waals surface area contributed by atoms with Crippen LogP contribution in [-0.4, -0.2) is 14.2 Å². The zero-order valence-electron chi connectivity index (χ0n) is 10.3. The summed E-state index contributed by atoms with van der Waals surface area (Å²) in [6, 6.07) is 7.74. The van der Waals surface area contributed by atoms with E-state index in [1.165, 1.54) is 11.3 Å². The van der Waals surface area contributed by atoms with Gasteiger partial charge in [-0.3, -0.25) is 0 Å². The highest BCUT2D eigenvalue weighted by atomic mass is 79.9. The number of halogens is 3. The van der Waals surface area contributed by atoms with E-state index in [-0.39, 0.29) is 6.04 Å². The van der Waals surface area contributed by atoms with Crippen LogP contribution in [0.2, 0.25) is 8.67 Å². The zero-order chi connectivity index (χ0) is 14.0. The Balaban J connectivity index is 2.50. The fourth-order valence-electron chi connectivity index (χ4n) is 1.95. The minimum atomic E-state index is -0.0562. The SMILES string of the molecule is CNC(c1ccc(Br)cc1OC)c1cc(Cl)sc1Cl. The molecule has 1 N–H and O–H groups in total. The number of ether oxygens (including phenoxy) is 1. The summed E-state index contributed by atoms with van der Waals surface area (Å²) in [4.78, 5) is 0. The van der Waals surface area contributed by atoms with Gasteiger partial charge in [0.1, 0.15) is 5.75 Å². The number of hydrogen-bond donors (Lipinski definition) is 1. The van der Waals surface area contributed by atoms with Crippen molar-refractivity contribution in [3.63, 3.8) is 0 Å². The van der Waals surface area contributed by atoms with Crippen LogP contribution in [0.3, 0.4) is 0 Å². The van der Waals surface area contributed by atoms with Gasteiger partial charge in [0.05, 0.1) is 21.8 Å². The van der Waals surface area contributed by atoms with Gasteiger partial charge in [-0.05, 0) is 25.2 Å². The third kappa shape index (κ3) is 3.26. The van der Waals surface area contributed by atoms with Crippen molar-refractivity contribution in [1.29, 1.82) is 0 Å². The van der Waals surface area contributed by atoms with Crippen molar-refractivity contribution in [3.8, 4) is 5.75 Å². The molecular formula is C13H12BrCl2NOS. The highest BCUT2D eigenvalue weighted by Crippen LogP contribution is 2.40. The second kappa shape index (κ2) is 6.46. The molecule has 0 saturated heterocycles. The van der Waals surface area contributed by atoms with E-state index >= 15 is 0 Å². The molecule has 0 fully saturated rings. The van der Waals surface area contributed by atoms with Crippen molar-refractivity contribution in [2.45, 2.75) is 6.04 Å². The standard InChI is InChI=1S/C13H12BrCl2NOS/c1-17-12(9-6-11(15)19-13(9)16)8-4-3-7(14)5-10(8)18-2/h3-6,12,17H,1-2H3. The molecule has 1 heterocycles. The molecular weight excluding hydrogens is 369 g/mol. The Labute approximate surface area is 134 Å². The summed E-state index contributed by atoms with van der Waals surface area (Å²) in [7, 11) is 3.54.